The first-order valence-corrected chi connectivity index (χ1v) is 6.94. The van der Waals surface area contributed by atoms with Crippen LogP contribution in [0.4, 0.5) is 5.82 Å². The highest BCUT2D eigenvalue weighted by molar-refractivity contribution is 5.90. The van der Waals surface area contributed by atoms with Crippen molar-refractivity contribution in [3.63, 3.8) is 0 Å². The Labute approximate surface area is 117 Å². The van der Waals surface area contributed by atoms with Gasteiger partial charge in [0, 0.05) is 6.20 Å². The number of anilines is 1. The van der Waals surface area contributed by atoms with E-state index in [0.29, 0.717) is 13.2 Å². The number of rotatable bonds is 3. The number of hydrogen-bond acceptors (Lipinski definition) is 5. The van der Waals surface area contributed by atoms with E-state index in [9.17, 15) is 0 Å². The van der Waals surface area contributed by atoms with E-state index < -0.39 is 5.79 Å². The van der Waals surface area contributed by atoms with Gasteiger partial charge in [-0.3, -0.25) is 0 Å². The molecule has 0 spiro atoms. The molecule has 20 heavy (non-hydrogen) atoms. The van der Waals surface area contributed by atoms with Gasteiger partial charge in [-0.2, -0.15) is 0 Å². The second-order valence-corrected chi connectivity index (χ2v) is 5.48. The summed E-state index contributed by atoms with van der Waals surface area (Å²) < 4.78 is 11.3. The average Bonchev–Trinajstić information content (AvgIpc) is 2.85. The van der Waals surface area contributed by atoms with Gasteiger partial charge >= 0.3 is 0 Å². The molecule has 1 fully saturated rings. The molecule has 2 N–H and O–H groups in total. The Bertz CT molecular complexity index is 598. The molecule has 1 aliphatic rings. The predicted octanol–water partition coefficient (Wildman–Crippen LogP) is 2.08. The van der Waals surface area contributed by atoms with Crippen LogP contribution in [0.15, 0.2) is 12.5 Å². The summed E-state index contributed by atoms with van der Waals surface area (Å²) >= 11 is 0. The standard InChI is InChI=1S/C14H20N4O2/c1-4-9-5-15-12-11(9)13(17-8-16-12)18-10-6-19-14(2,3)20-7-10/h5,8,10H,4,6-7H2,1-3H3,(H2,15,16,17,18). The highest BCUT2D eigenvalue weighted by Gasteiger charge is 2.28. The lowest BCUT2D eigenvalue weighted by atomic mass is 10.2. The number of nitrogens with one attached hydrogen (secondary N) is 2. The smallest absolute Gasteiger partial charge is 0.162 e. The van der Waals surface area contributed by atoms with Crippen LogP contribution in [0.1, 0.15) is 26.3 Å². The van der Waals surface area contributed by atoms with Crippen molar-refractivity contribution in [3.05, 3.63) is 18.1 Å². The fourth-order valence-electron chi connectivity index (χ4n) is 2.38. The largest absolute Gasteiger partial charge is 0.362 e. The van der Waals surface area contributed by atoms with E-state index in [4.69, 9.17) is 9.47 Å². The van der Waals surface area contributed by atoms with Gasteiger partial charge in [0.05, 0.1) is 24.6 Å². The van der Waals surface area contributed by atoms with E-state index in [-0.39, 0.29) is 6.04 Å². The van der Waals surface area contributed by atoms with Gasteiger partial charge in [0.1, 0.15) is 17.8 Å². The van der Waals surface area contributed by atoms with Gasteiger partial charge in [-0.1, -0.05) is 6.92 Å². The van der Waals surface area contributed by atoms with Crippen LogP contribution in [-0.2, 0) is 15.9 Å². The predicted molar refractivity (Wildman–Crippen MR) is 76.7 cm³/mol. The zero-order chi connectivity index (χ0) is 14.2. The Morgan fingerprint density at radius 1 is 1.35 bits per heavy atom. The van der Waals surface area contributed by atoms with Gasteiger partial charge in [0.2, 0.25) is 0 Å². The summed E-state index contributed by atoms with van der Waals surface area (Å²) in [4.78, 5) is 11.8. The first-order chi connectivity index (χ1) is 9.59. The lowest BCUT2D eigenvalue weighted by molar-refractivity contribution is -0.247. The molecule has 108 valence electrons. The van der Waals surface area contributed by atoms with Crippen molar-refractivity contribution >= 4 is 16.9 Å². The van der Waals surface area contributed by atoms with Crippen molar-refractivity contribution in [2.24, 2.45) is 0 Å². The quantitative estimate of drug-likeness (QED) is 0.898. The lowest BCUT2D eigenvalue weighted by Gasteiger charge is -2.35. The molecule has 0 saturated carbocycles. The van der Waals surface area contributed by atoms with Gasteiger partial charge in [0.25, 0.3) is 0 Å². The van der Waals surface area contributed by atoms with Crippen LogP contribution in [-0.4, -0.2) is 40.0 Å². The Hall–Kier alpha value is -1.66. The summed E-state index contributed by atoms with van der Waals surface area (Å²) in [6.45, 7) is 7.17. The van der Waals surface area contributed by atoms with Gasteiger partial charge in [0.15, 0.2) is 5.79 Å². The van der Waals surface area contributed by atoms with Crippen molar-refractivity contribution in [1.29, 1.82) is 0 Å². The number of fused-ring (bicyclic) bond motifs is 1. The van der Waals surface area contributed by atoms with Crippen molar-refractivity contribution in [3.8, 4) is 0 Å². The Morgan fingerprint density at radius 3 is 2.80 bits per heavy atom. The van der Waals surface area contributed by atoms with Crippen molar-refractivity contribution in [1.82, 2.24) is 15.0 Å². The molecule has 0 radical (unpaired) electrons. The van der Waals surface area contributed by atoms with Crippen molar-refractivity contribution in [2.75, 3.05) is 18.5 Å². The van der Waals surface area contributed by atoms with E-state index in [2.05, 4.69) is 27.2 Å². The zero-order valence-electron chi connectivity index (χ0n) is 12.1. The monoisotopic (exact) mass is 276 g/mol. The van der Waals surface area contributed by atoms with Crippen molar-refractivity contribution in [2.45, 2.75) is 39.0 Å². The minimum Gasteiger partial charge on any atom is -0.362 e. The highest BCUT2D eigenvalue weighted by Crippen LogP contribution is 2.25. The third kappa shape index (κ3) is 2.48. The molecule has 0 aliphatic carbocycles. The van der Waals surface area contributed by atoms with Crippen LogP contribution in [0.3, 0.4) is 0 Å². The molecule has 2 aromatic rings. The Balaban J connectivity index is 1.83. The van der Waals surface area contributed by atoms with Crippen LogP contribution in [0.5, 0.6) is 0 Å². The summed E-state index contributed by atoms with van der Waals surface area (Å²) in [5.74, 6) is 0.340. The number of aromatic amines is 1. The molecule has 3 heterocycles. The van der Waals surface area contributed by atoms with E-state index >= 15 is 0 Å². The summed E-state index contributed by atoms with van der Waals surface area (Å²) in [6, 6.07) is 0.0979. The Kier molecular flexibility index (Phi) is 3.35. The van der Waals surface area contributed by atoms with Gasteiger partial charge < -0.3 is 19.8 Å². The molecule has 0 aromatic carbocycles. The van der Waals surface area contributed by atoms with E-state index in [1.807, 2.05) is 20.0 Å². The summed E-state index contributed by atoms with van der Waals surface area (Å²) in [5, 5.41) is 4.46. The molecular formula is C14H20N4O2. The molecule has 0 atom stereocenters. The number of aromatic nitrogens is 3. The number of hydrogen-bond donors (Lipinski definition) is 2. The molecule has 1 aliphatic heterocycles. The molecule has 2 aromatic heterocycles. The number of nitrogens with zero attached hydrogens (tertiary/aromatic N) is 2. The lowest BCUT2D eigenvalue weighted by Crippen LogP contribution is -2.45. The highest BCUT2D eigenvalue weighted by atomic mass is 16.7. The molecule has 6 nitrogen and oxygen atoms in total. The summed E-state index contributed by atoms with van der Waals surface area (Å²) in [6.07, 6.45) is 4.49. The minimum absolute atomic E-state index is 0.0979. The summed E-state index contributed by atoms with van der Waals surface area (Å²) in [5.41, 5.74) is 2.07. The molecule has 0 amide bonds. The molecule has 6 heteroatoms. The minimum atomic E-state index is -0.498. The van der Waals surface area contributed by atoms with E-state index in [0.717, 1.165) is 23.3 Å². The van der Waals surface area contributed by atoms with E-state index in [1.54, 1.807) is 6.33 Å². The molecule has 0 bridgehead atoms. The van der Waals surface area contributed by atoms with Crippen LogP contribution < -0.4 is 5.32 Å². The fraction of sp³-hybridized carbons (Fsp3) is 0.571. The van der Waals surface area contributed by atoms with Crippen molar-refractivity contribution < 1.29 is 9.47 Å². The van der Waals surface area contributed by atoms with Crippen LogP contribution >= 0.6 is 0 Å². The normalized spacial score (nSPS) is 19.4. The maximum Gasteiger partial charge on any atom is 0.162 e. The topological polar surface area (TPSA) is 72.1 Å². The van der Waals surface area contributed by atoms with Crippen LogP contribution in [0, 0.1) is 0 Å². The summed E-state index contributed by atoms with van der Waals surface area (Å²) in [7, 11) is 0. The second kappa shape index (κ2) is 5.03. The van der Waals surface area contributed by atoms with E-state index in [1.165, 1.54) is 5.56 Å². The number of ether oxygens (including phenoxy) is 2. The fourth-order valence-corrected chi connectivity index (χ4v) is 2.38. The third-order valence-corrected chi connectivity index (χ3v) is 3.54. The molecule has 3 rings (SSSR count). The second-order valence-electron chi connectivity index (χ2n) is 5.48. The van der Waals surface area contributed by atoms with Gasteiger partial charge in [-0.15, -0.1) is 0 Å². The van der Waals surface area contributed by atoms with Crippen LogP contribution in [0.25, 0.3) is 11.0 Å². The first-order valence-electron chi connectivity index (χ1n) is 6.94. The van der Waals surface area contributed by atoms with Gasteiger partial charge in [-0.05, 0) is 25.8 Å². The van der Waals surface area contributed by atoms with Gasteiger partial charge in [-0.25, -0.2) is 9.97 Å². The number of H-pyrrole nitrogens is 1. The molecule has 1 saturated heterocycles. The average molecular weight is 276 g/mol. The maximum atomic E-state index is 5.66. The maximum absolute atomic E-state index is 5.66. The van der Waals surface area contributed by atoms with Crippen LogP contribution in [0.2, 0.25) is 0 Å². The SMILES string of the molecule is CCc1c[nH]c2ncnc(NC3COC(C)(C)OC3)c12. The zero-order valence-corrected chi connectivity index (χ0v) is 12.1. The molecular weight excluding hydrogens is 256 g/mol. The molecule has 0 unspecified atom stereocenters. The first kappa shape index (κ1) is 13.3. The number of aryl methyl sites for hydroxylation is 1. The Morgan fingerprint density at radius 2 is 2.10 bits per heavy atom. The third-order valence-electron chi connectivity index (χ3n) is 3.54.